The highest BCUT2D eigenvalue weighted by Crippen LogP contribution is 2.30. The minimum atomic E-state index is -0.145. The number of hydrogen-bond donors (Lipinski definition) is 2. The number of nitrogens with zero attached hydrogens (tertiary/aromatic N) is 2. The molecule has 1 saturated heterocycles. The van der Waals surface area contributed by atoms with Gasteiger partial charge in [0.05, 0.1) is 11.0 Å². The molecule has 3 amide bonds. The maximum atomic E-state index is 12.9. The van der Waals surface area contributed by atoms with Gasteiger partial charge in [0.25, 0.3) is 5.91 Å². The Morgan fingerprint density at radius 1 is 1.11 bits per heavy atom. The van der Waals surface area contributed by atoms with E-state index in [2.05, 4.69) is 52.0 Å². The molecule has 2 heterocycles. The van der Waals surface area contributed by atoms with Gasteiger partial charge in [0.2, 0.25) is 0 Å². The van der Waals surface area contributed by atoms with E-state index in [-0.39, 0.29) is 18.0 Å². The highest BCUT2D eigenvalue weighted by atomic mass is 32.1. The van der Waals surface area contributed by atoms with E-state index in [1.54, 1.807) is 11.3 Å². The molecule has 1 aliphatic carbocycles. The first-order valence-corrected chi connectivity index (χ1v) is 14.4. The zero-order valence-electron chi connectivity index (χ0n) is 21.5. The fourth-order valence-electron chi connectivity index (χ4n) is 5.31. The van der Waals surface area contributed by atoms with Crippen molar-refractivity contribution in [2.45, 2.75) is 63.8 Å². The molecule has 194 valence electrons. The molecule has 0 spiro atoms. The van der Waals surface area contributed by atoms with Crippen LogP contribution >= 0.6 is 11.3 Å². The van der Waals surface area contributed by atoms with Crippen LogP contribution in [0.15, 0.2) is 59.5 Å². The highest BCUT2D eigenvalue weighted by Gasteiger charge is 2.26. The number of piperidine rings is 1. The number of benzene rings is 2. The summed E-state index contributed by atoms with van der Waals surface area (Å²) in [5.41, 5.74) is 3.04. The molecule has 1 aromatic heterocycles. The van der Waals surface area contributed by atoms with Crippen LogP contribution in [-0.4, -0.2) is 41.5 Å². The first-order chi connectivity index (χ1) is 18.1. The quantitative estimate of drug-likeness (QED) is 0.349. The van der Waals surface area contributed by atoms with Gasteiger partial charge in [-0.1, -0.05) is 48.0 Å². The van der Waals surface area contributed by atoms with E-state index in [1.165, 1.54) is 42.0 Å². The Morgan fingerprint density at radius 3 is 2.70 bits per heavy atom. The summed E-state index contributed by atoms with van der Waals surface area (Å²) in [5, 5.41) is 11.4. The predicted octanol–water partition coefficient (Wildman–Crippen LogP) is 6.57. The van der Waals surface area contributed by atoms with Crippen LogP contribution in [0.4, 0.5) is 4.79 Å². The SMILES string of the molecule is CC(NC(=O)c1csc(C2CCN(C(=O)NCCC3=CCCCC3)CC2)n1)c1ccc2ccccc2c1. The topological polar surface area (TPSA) is 74.3 Å². The van der Waals surface area contributed by atoms with Crippen molar-refractivity contribution in [2.24, 2.45) is 0 Å². The molecule has 2 aliphatic rings. The third-order valence-electron chi connectivity index (χ3n) is 7.61. The molecule has 1 unspecified atom stereocenters. The van der Waals surface area contributed by atoms with Crippen molar-refractivity contribution in [1.82, 2.24) is 20.5 Å². The first kappa shape index (κ1) is 25.5. The van der Waals surface area contributed by atoms with Crippen molar-refractivity contribution in [3.05, 3.63) is 75.8 Å². The van der Waals surface area contributed by atoms with E-state index in [0.717, 1.165) is 42.9 Å². The molecule has 3 aromatic rings. The van der Waals surface area contributed by atoms with Crippen LogP contribution in [0.25, 0.3) is 10.8 Å². The fraction of sp³-hybridized carbons (Fsp3) is 0.433. The molecular formula is C30H36N4O2S. The van der Waals surface area contributed by atoms with Crippen molar-refractivity contribution in [2.75, 3.05) is 19.6 Å². The zero-order chi connectivity index (χ0) is 25.6. The lowest BCUT2D eigenvalue weighted by atomic mass is 9.97. The van der Waals surface area contributed by atoms with Gasteiger partial charge >= 0.3 is 6.03 Å². The van der Waals surface area contributed by atoms with Gasteiger partial charge in [0, 0.05) is 30.9 Å². The molecule has 2 aromatic carbocycles. The fourth-order valence-corrected chi connectivity index (χ4v) is 6.28. The average Bonchev–Trinajstić information content (AvgIpc) is 3.44. The second-order valence-electron chi connectivity index (χ2n) is 10.2. The van der Waals surface area contributed by atoms with Crippen LogP contribution in [0, 0.1) is 0 Å². The number of carbonyl (C=O) groups excluding carboxylic acids is 2. The maximum absolute atomic E-state index is 12.9. The second-order valence-corrected chi connectivity index (χ2v) is 11.1. The van der Waals surface area contributed by atoms with Gasteiger partial charge in [0.1, 0.15) is 5.69 Å². The Morgan fingerprint density at radius 2 is 1.92 bits per heavy atom. The van der Waals surface area contributed by atoms with Crippen LogP contribution < -0.4 is 10.6 Å². The Kier molecular flexibility index (Phi) is 8.19. The van der Waals surface area contributed by atoms with Gasteiger partial charge < -0.3 is 15.5 Å². The van der Waals surface area contributed by atoms with Gasteiger partial charge in [-0.25, -0.2) is 9.78 Å². The zero-order valence-corrected chi connectivity index (χ0v) is 22.4. The molecule has 1 fully saturated rings. The monoisotopic (exact) mass is 516 g/mol. The van der Waals surface area contributed by atoms with Gasteiger partial charge in [-0.3, -0.25) is 4.79 Å². The van der Waals surface area contributed by atoms with Gasteiger partial charge in [-0.15, -0.1) is 11.3 Å². The third kappa shape index (κ3) is 6.39. The minimum absolute atomic E-state index is 0.0387. The largest absolute Gasteiger partial charge is 0.344 e. The maximum Gasteiger partial charge on any atom is 0.317 e. The van der Waals surface area contributed by atoms with E-state index >= 15 is 0 Å². The van der Waals surface area contributed by atoms with E-state index in [9.17, 15) is 9.59 Å². The van der Waals surface area contributed by atoms with Crippen LogP contribution in [-0.2, 0) is 0 Å². The number of carbonyl (C=O) groups is 2. The molecule has 1 atom stereocenters. The van der Waals surface area contributed by atoms with Crippen LogP contribution in [0.1, 0.15) is 84.9 Å². The molecule has 5 rings (SSSR count). The number of nitrogens with one attached hydrogen (secondary N) is 2. The first-order valence-electron chi connectivity index (χ1n) is 13.5. The second kappa shape index (κ2) is 11.9. The van der Waals surface area contributed by atoms with Gasteiger partial charge in [0.15, 0.2) is 0 Å². The molecule has 6 nitrogen and oxygen atoms in total. The van der Waals surface area contributed by atoms with Gasteiger partial charge in [-0.05, 0) is 74.3 Å². The van der Waals surface area contributed by atoms with E-state index < -0.39 is 0 Å². The Labute approximate surface area is 223 Å². The van der Waals surface area contributed by atoms with Crippen LogP contribution in [0.2, 0.25) is 0 Å². The lowest BCUT2D eigenvalue weighted by molar-refractivity contribution is 0.0935. The number of amides is 3. The minimum Gasteiger partial charge on any atom is -0.344 e. The molecule has 0 radical (unpaired) electrons. The number of urea groups is 1. The summed E-state index contributed by atoms with van der Waals surface area (Å²) >= 11 is 1.55. The van der Waals surface area contributed by atoms with Crippen molar-refractivity contribution in [1.29, 1.82) is 0 Å². The summed E-state index contributed by atoms with van der Waals surface area (Å²) < 4.78 is 0. The number of allylic oxidation sites excluding steroid dienone is 1. The summed E-state index contributed by atoms with van der Waals surface area (Å²) in [6.07, 6.45) is 9.98. The number of rotatable bonds is 7. The Hall–Kier alpha value is -3.19. The molecule has 2 N–H and O–H groups in total. The standard InChI is InChI=1S/C30H36N4O2S/c1-21(25-12-11-23-9-5-6-10-26(23)19-25)32-28(35)27-20-37-29(33-27)24-14-17-34(18-15-24)30(36)31-16-13-22-7-3-2-4-8-22/h5-7,9-12,19-21,24H,2-4,8,13-18H2,1H3,(H,31,36)(H,32,35). The molecule has 0 bridgehead atoms. The lowest BCUT2D eigenvalue weighted by Gasteiger charge is -2.31. The number of aromatic nitrogens is 1. The summed E-state index contributed by atoms with van der Waals surface area (Å²) in [5.74, 6) is 0.147. The summed E-state index contributed by atoms with van der Waals surface area (Å²) in [4.78, 5) is 32.1. The number of fused-ring (bicyclic) bond motifs is 1. The Balaban J connectivity index is 1.09. The van der Waals surface area contributed by atoms with E-state index in [1.807, 2.05) is 29.3 Å². The highest BCUT2D eigenvalue weighted by molar-refractivity contribution is 7.09. The van der Waals surface area contributed by atoms with Crippen molar-refractivity contribution in [3.8, 4) is 0 Å². The smallest absolute Gasteiger partial charge is 0.317 e. The number of likely N-dealkylation sites (tertiary alicyclic amines) is 1. The normalized spacial score (nSPS) is 17.3. The molecule has 1 aliphatic heterocycles. The number of thiazole rings is 1. The predicted molar refractivity (Wildman–Crippen MR) is 150 cm³/mol. The summed E-state index contributed by atoms with van der Waals surface area (Å²) in [6, 6.07) is 14.4. The van der Waals surface area contributed by atoms with Crippen molar-refractivity contribution < 1.29 is 9.59 Å². The Bertz CT molecular complexity index is 1280. The van der Waals surface area contributed by atoms with Crippen molar-refractivity contribution in [3.63, 3.8) is 0 Å². The molecule has 7 heteroatoms. The average molecular weight is 517 g/mol. The van der Waals surface area contributed by atoms with Crippen LogP contribution in [0.5, 0.6) is 0 Å². The van der Waals surface area contributed by atoms with Crippen molar-refractivity contribution >= 4 is 34.0 Å². The van der Waals surface area contributed by atoms with E-state index in [4.69, 9.17) is 0 Å². The lowest BCUT2D eigenvalue weighted by Crippen LogP contribution is -2.44. The van der Waals surface area contributed by atoms with Gasteiger partial charge in [-0.2, -0.15) is 0 Å². The molecular weight excluding hydrogens is 480 g/mol. The molecule has 0 saturated carbocycles. The van der Waals surface area contributed by atoms with E-state index in [0.29, 0.717) is 18.2 Å². The summed E-state index contributed by atoms with van der Waals surface area (Å²) in [6.45, 7) is 4.16. The number of hydrogen-bond acceptors (Lipinski definition) is 4. The van der Waals surface area contributed by atoms with Crippen LogP contribution in [0.3, 0.4) is 0 Å². The summed E-state index contributed by atoms with van der Waals surface area (Å²) in [7, 11) is 0. The molecule has 37 heavy (non-hydrogen) atoms. The third-order valence-corrected chi connectivity index (χ3v) is 8.62.